The summed E-state index contributed by atoms with van der Waals surface area (Å²) < 4.78 is 6.05. The average Bonchev–Trinajstić information content (AvgIpc) is 2.95. The molecule has 0 fully saturated rings. The van der Waals surface area contributed by atoms with Gasteiger partial charge in [-0.1, -0.05) is 54.6 Å². The van der Waals surface area contributed by atoms with Gasteiger partial charge in [-0.25, -0.2) is 0 Å². The molecule has 1 aliphatic rings. The Morgan fingerprint density at radius 3 is 2.44 bits per heavy atom. The second kappa shape index (κ2) is 10.0. The molecule has 1 atom stereocenters. The van der Waals surface area contributed by atoms with E-state index in [2.05, 4.69) is 61.5 Å². The highest BCUT2D eigenvalue weighted by atomic mass is 16.5. The quantitative estimate of drug-likeness (QED) is 0.540. The van der Waals surface area contributed by atoms with Crippen molar-refractivity contribution >= 4 is 5.97 Å². The van der Waals surface area contributed by atoms with Crippen LogP contribution in [0.15, 0.2) is 66.7 Å². The number of fused-ring (bicyclic) bond motifs is 2. The highest BCUT2D eigenvalue weighted by Crippen LogP contribution is 2.38. The molecule has 0 saturated carbocycles. The number of aromatic carboxylic acids is 1. The normalized spacial score (nSPS) is 15.0. The molecule has 4 heteroatoms. The molecule has 3 aromatic carbocycles. The SMILES string of the molecule is CN(C)CCCC1c2ccccc2CCc2cc(OCc3ccc(C(=O)[O-])cc3)ccc21. The van der Waals surface area contributed by atoms with Crippen LogP contribution in [0.4, 0.5) is 0 Å². The lowest BCUT2D eigenvalue weighted by Crippen LogP contribution is -2.22. The minimum absolute atomic E-state index is 0.179. The Balaban J connectivity index is 1.53. The van der Waals surface area contributed by atoms with Crippen LogP contribution in [0.3, 0.4) is 0 Å². The lowest BCUT2D eigenvalue weighted by Gasteiger charge is -2.22. The number of carbonyl (C=O) groups excluding carboxylic acids is 1. The first-order chi connectivity index (χ1) is 15.5. The first-order valence-corrected chi connectivity index (χ1v) is 11.3. The van der Waals surface area contributed by atoms with E-state index >= 15 is 0 Å². The highest BCUT2D eigenvalue weighted by molar-refractivity contribution is 5.85. The summed E-state index contributed by atoms with van der Waals surface area (Å²) in [7, 11) is 4.26. The zero-order valence-electron chi connectivity index (χ0n) is 18.8. The number of rotatable bonds is 8. The molecular formula is C28H30NO3-. The molecule has 0 amide bonds. The van der Waals surface area contributed by atoms with Crippen LogP contribution in [0, 0.1) is 0 Å². The molecule has 0 bridgehead atoms. The number of hydrogen-bond acceptors (Lipinski definition) is 4. The van der Waals surface area contributed by atoms with Crippen molar-refractivity contribution in [3.05, 3.63) is 100 Å². The number of nitrogens with zero attached hydrogens (tertiary/aromatic N) is 1. The summed E-state index contributed by atoms with van der Waals surface area (Å²) in [4.78, 5) is 13.2. The number of ether oxygens (including phenoxy) is 1. The van der Waals surface area contributed by atoms with Crippen LogP contribution in [0.25, 0.3) is 0 Å². The summed E-state index contributed by atoms with van der Waals surface area (Å²) in [5, 5.41) is 10.9. The summed E-state index contributed by atoms with van der Waals surface area (Å²) in [6.45, 7) is 1.49. The second-order valence-corrected chi connectivity index (χ2v) is 8.83. The number of carbonyl (C=O) groups is 1. The van der Waals surface area contributed by atoms with E-state index in [0.717, 1.165) is 43.5 Å². The first kappa shape index (κ1) is 22.1. The third-order valence-corrected chi connectivity index (χ3v) is 6.28. The van der Waals surface area contributed by atoms with Crippen molar-refractivity contribution in [2.75, 3.05) is 20.6 Å². The number of carboxylic acids is 1. The average molecular weight is 429 g/mol. The predicted octanol–water partition coefficient (Wildman–Crippen LogP) is 4.20. The Morgan fingerprint density at radius 2 is 1.69 bits per heavy atom. The molecule has 0 heterocycles. The zero-order chi connectivity index (χ0) is 22.5. The van der Waals surface area contributed by atoms with Gasteiger partial charge in [-0.05, 0) is 91.8 Å². The van der Waals surface area contributed by atoms with Crippen LogP contribution in [0.1, 0.15) is 56.9 Å². The van der Waals surface area contributed by atoms with E-state index in [-0.39, 0.29) is 5.56 Å². The van der Waals surface area contributed by atoms with Gasteiger partial charge in [0.25, 0.3) is 0 Å². The van der Waals surface area contributed by atoms with Gasteiger partial charge < -0.3 is 19.5 Å². The first-order valence-electron chi connectivity index (χ1n) is 11.3. The van der Waals surface area contributed by atoms with Gasteiger partial charge in [0.1, 0.15) is 12.4 Å². The molecule has 32 heavy (non-hydrogen) atoms. The standard InChI is InChI=1S/C28H31NO3/c1-29(2)17-5-8-27-25-7-4-3-6-21(25)13-14-23-18-24(15-16-26(23)27)32-19-20-9-11-22(12-10-20)28(30)31/h3-4,6-7,9-12,15-16,18,27H,5,8,13-14,17,19H2,1-2H3,(H,30,31)/p-1. The van der Waals surface area contributed by atoms with Crippen molar-refractivity contribution in [1.82, 2.24) is 4.90 Å². The Kier molecular flexibility index (Phi) is 6.91. The van der Waals surface area contributed by atoms with Crippen molar-refractivity contribution in [3.63, 3.8) is 0 Å². The van der Waals surface area contributed by atoms with Crippen LogP contribution in [0.2, 0.25) is 0 Å². The number of benzene rings is 3. The van der Waals surface area contributed by atoms with Crippen LogP contribution in [0.5, 0.6) is 5.75 Å². The van der Waals surface area contributed by atoms with Gasteiger partial charge >= 0.3 is 0 Å². The van der Waals surface area contributed by atoms with Crippen LogP contribution in [-0.2, 0) is 19.4 Å². The Hall–Kier alpha value is -3.11. The van der Waals surface area contributed by atoms with Crippen molar-refractivity contribution < 1.29 is 14.6 Å². The van der Waals surface area contributed by atoms with E-state index in [9.17, 15) is 9.90 Å². The van der Waals surface area contributed by atoms with Crippen molar-refractivity contribution in [2.24, 2.45) is 0 Å². The lowest BCUT2D eigenvalue weighted by molar-refractivity contribution is -0.255. The summed E-state index contributed by atoms with van der Waals surface area (Å²) >= 11 is 0. The lowest BCUT2D eigenvalue weighted by atomic mass is 9.84. The van der Waals surface area contributed by atoms with Crippen LogP contribution >= 0.6 is 0 Å². The maximum atomic E-state index is 10.9. The van der Waals surface area contributed by atoms with Gasteiger partial charge in [-0.3, -0.25) is 0 Å². The van der Waals surface area contributed by atoms with Gasteiger partial charge in [-0.15, -0.1) is 0 Å². The fourth-order valence-corrected chi connectivity index (χ4v) is 4.59. The largest absolute Gasteiger partial charge is 0.545 e. The summed E-state index contributed by atoms with van der Waals surface area (Å²) in [6, 6.07) is 22.0. The predicted molar refractivity (Wildman–Crippen MR) is 125 cm³/mol. The minimum atomic E-state index is -1.16. The molecule has 1 aliphatic carbocycles. The fourth-order valence-electron chi connectivity index (χ4n) is 4.59. The smallest absolute Gasteiger partial charge is 0.120 e. The molecule has 4 nitrogen and oxygen atoms in total. The maximum absolute atomic E-state index is 10.9. The number of carboxylic acid groups (broad SMARTS) is 1. The Labute approximate surface area is 190 Å². The molecule has 3 aromatic rings. The fraction of sp³-hybridized carbons (Fsp3) is 0.321. The van der Waals surface area contributed by atoms with Gasteiger partial charge in [0, 0.05) is 5.92 Å². The molecule has 1 unspecified atom stereocenters. The third-order valence-electron chi connectivity index (χ3n) is 6.28. The minimum Gasteiger partial charge on any atom is -0.545 e. The maximum Gasteiger partial charge on any atom is 0.120 e. The molecule has 4 rings (SSSR count). The Morgan fingerprint density at radius 1 is 0.969 bits per heavy atom. The molecular weight excluding hydrogens is 398 g/mol. The molecule has 0 saturated heterocycles. The summed E-state index contributed by atoms with van der Waals surface area (Å²) in [5.41, 5.74) is 6.80. The van der Waals surface area contributed by atoms with Crippen LogP contribution < -0.4 is 9.84 Å². The van der Waals surface area contributed by atoms with E-state index in [0.29, 0.717) is 12.5 Å². The second-order valence-electron chi connectivity index (χ2n) is 8.83. The van der Waals surface area contributed by atoms with Crippen LogP contribution in [-0.4, -0.2) is 31.5 Å². The van der Waals surface area contributed by atoms with E-state index in [4.69, 9.17) is 4.74 Å². The van der Waals surface area contributed by atoms with E-state index < -0.39 is 5.97 Å². The van der Waals surface area contributed by atoms with E-state index in [1.54, 1.807) is 24.3 Å². The van der Waals surface area contributed by atoms with Crippen molar-refractivity contribution in [2.45, 2.75) is 38.2 Å². The monoisotopic (exact) mass is 428 g/mol. The molecule has 0 spiro atoms. The molecule has 166 valence electrons. The molecule has 0 radical (unpaired) electrons. The number of hydrogen-bond donors (Lipinski definition) is 0. The van der Waals surface area contributed by atoms with E-state index in [1.807, 2.05) is 0 Å². The van der Waals surface area contributed by atoms with Crippen molar-refractivity contribution in [1.29, 1.82) is 0 Å². The molecule has 0 aliphatic heterocycles. The van der Waals surface area contributed by atoms with Gasteiger partial charge in [0.2, 0.25) is 0 Å². The van der Waals surface area contributed by atoms with Gasteiger partial charge in [0.15, 0.2) is 0 Å². The van der Waals surface area contributed by atoms with Gasteiger partial charge in [0.05, 0.1) is 5.97 Å². The zero-order valence-corrected chi connectivity index (χ0v) is 18.8. The van der Waals surface area contributed by atoms with E-state index in [1.165, 1.54) is 22.3 Å². The van der Waals surface area contributed by atoms with Crippen molar-refractivity contribution in [3.8, 4) is 5.75 Å². The van der Waals surface area contributed by atoms with Gasteiger partial charge in [-0.2, -0.15) is 0 Å². The summed E-state index contributed by atoms with van der Waals surface area (Å²) in [6.07, 6.45) is 4.34. The third kappa shape index (κ3) is 5.20. The number of aryl methyl sites for hydroxylation is 2. The molecule has 0 N–H and O–H groups in total. The topological polar surface area (TPSA) is 52.6 Å². The highest BCUT2D eigenvalue weighted by Gasteiger charge is 2.23. The summed E-state index contributed by atoms with van der Waals surface area (Å²) in [5.74, 6) is 0.102. The Bertz CT molecular complexity index is 1070. The molecule has 0 aromatic heterocycles.